The molecule has 0 aliphatic carbocycles. The van der Waals surface area contributed by atoms with Gasteiger partial charge in [-0.15, -0.1) is 10.2 Å². The summed E-state index contributed by atoms with van der Waals surface area (Å²) >= 11 is 1.33. The molecule has 0 aliphatic rings. The molecule has 1 N–H and O–H groups in total. The molecule has 1 heterocycles. The number of rotatable bonds is 7. The minimum absolute atomic E-state index is 0.160. The molecule has 6 nitrogen and oxygen atoms in total. The highest BCUT2D eigenvalue weighted by Crippen LogP contribution is 2.28. The third-order valence-electron chi connectivity index (χ3n) is 5.81. The summed E-state index contributed by atoms with van der Waals surface area (Å²) in [6, 6.07) is 32.4. The van der Waals surface area contributed by atoms with Crippen molar-refractivity contribution in [3.8, 4) is 17.1 Å². The number of benzene rings is 4. The van der Waals surface area contributed by atoms with Crippen molar-refractivity contribution in [2.75, 3.05) is 5.75 Å². The predicted octanol–water partition coefficient (Wildman–Crippen LogP) is 6.03. The van der Waals surface area contributed by atoms with Crippen LogP contribution >= 0.6 is 11.8 Å². The first kappa shape index (κ1) is 23.5. The quantitative estimate of drug-likeness (QED) is 0.171. The summed E-state index contributed by atoms with van der Waals surface area (Å²) in [6.07, 6.45) is 0. The van der Waals surface area contributed by atoms with Gasteiger partial charge in [0.05, 0.1) is 11.5 Å². The van der Waals surface area contributed by atoms with Crippen molar-refractivity contribution in [3.63, 3.8) is 0 Å². The van der Waals surface area contributed by atoms with Crippen LogP contribution in [0, 0.1) is 6.92 Å². The SMILES string of the molecule is C/C(=N/NC(=O)CSc1nnc(-c2ccccc2)n1-c1ccc(C)cc1)c1ccc2ccccc2c1. The minimum atomic E-state index is -0.208. The molecule has 0 aliphatic heterocycles. The van der Waals surface area contributed by atoms with Crippen LogP contribution < -0.4 is 5.43 Å². The number of aromatic nitrogens is 3. The average molecular weight is 492 g/mol. The Kier molecular flexibility index (Phi) is 6.91. The maximum Gasteiger partial charge on any atom is 0.250 e. The first-order chi connectivity index (χ1) is 17.6. The van der Waals surface area contributed by atoms with Crippen molar-refractivity contribution in [2.45, 2.75) is 19.0 Å². The van der Waals surface area contributed by atoms with Crippen LogP contribution in [0.4, 0.5) is 0 Å². The van der Waals surface area contributed by atoms with Crippen LogP contribution in [0.2, 0.25) is 0 Å². The molecule has 0 bridgehead atoms. The van der Waals surface area contributed by atoms with E-state index >= 15 is 0 Å². The maximum absolute atomic E-state index is 12.6. The van der Waals surface area contributed by atoms with Gasteiger partial charge in [0.15, 0.2) is 11.0 Å². The second kappa shape index (κ2) is 10.6. The molecule has 5 aromatic rings. The maximum atomic E-state index is 12.6. The monoisotopic (exact) mass is 491 g/mol. The lowest BCUT2D eigenvalue weighted by Crippen LogP contribution is -2.21. The molecule has 4 aromatic carbocycles. The molecule has 1 aromatic heterocycles. The van der Waals surface area contributed by atoms with Gasteiger partial charge in [-0.05, 0) is 48.4 Å². The van der Waals surface area contributed by atoms with Crippen molar-refractivity contribution >= 4 is 34.2 Å². The van der Waals surface area contributed by atoms with Crippen molar-refractivity contribution in [2.24, 2.45) is 5.10 Å². The molecule has 0 radical (unpaired) electrons. The fourth-order valence-corrected chi connectivity index (χ4v) is 4.60. The smallest absolute Gasteiger partial charge is 0.250 e. The van der Waals surface area contributed by atoms with Crippen LogP contribution in [0.5, 0.6) is 0 Å². The number of fused-ring (bicyclic) bond motifs is 1. The Bertz CT molecular complexity index is 1540. The van der Waals surface area contributed by atoms with Crippen LogP contribution in [-0.2, 0) is 4.79 Å². The average Bonchev–Trinajstić information content (AvgIpc) is 3.35. The van der Waals surface area contributed by atoms with E-state index in [9.17, 15) is 4.79 Å². The third kappa shape index (κ3) is 5.21. The zero-order chi connectivity index (χ0) is 24.9. The zero-order valence-electron chi connectivity index (χ0n) is 20.1. The van der Waals surface area contributed by atoms with Gasteiger partial charge in [-0.3, -0.25) is 9.36 Å². The van der Waals surface area contributed by atoms with Crippen LogP contribution in [0.3, 0.4) is 0 Å². The van der Waals surface area contributed by atoms with E-state index in [-0.39, 0.29) is 11.7 Å². The number of amides is 1. The number of nitrogens with one attached hydrogen (secondary N) is 1. The molecular weight excluding hydrogens is 466 g/mol. The molecule has 0 saturated carbocycles. The summed E-state index contributed by atoms with van der Waals surface area (Å²) in [4.78, 5) is 12.6. The highest BCUT2D eigenvalue weighted by atomic mass is 32.2. The number of carbonyl (C=O) groups is 1. The van der Waals surface area contributed by atoms with Crippen molar-refractivity contribution in [1.29, 1.82) is 0 Å². The van der Waals surface area contributed by atoms with Crippen LogP contribution in [0.1, 0.15) is 18.1 Å². The number of carbonyl (C=O) groups excluding carboxylic acids is 1. The number of thioether (sulfide) groups is 1. The number of hydrogen-bond acceptors (Lipinski definition) is 5. The predicted molar refractivity (Wildman–Crippen MR) is 147 cm³/mol. The molecule has 0 saturated heterocycles. The molecule has 0 atom stereocenters. The largest absolute Gasteiger partial charge is 0.272 e. The number of hydrogen-bond donors (Lipinski definition) is 1. The summed E-state index contributed by atoms with van der Waals surface area (Å²) in [5.41, 5.74) is 7.45. The van der Waals surface area contributed by atoms with Gasteiger partial charge >= 0.3 is 0 Å². The summed E-state index contributed by atoms with van der Waals surface area (Å²) in [6.45, 7) is 3.94. The van der Waals surface area contributed by atoms with Gasteiger partial charge in [0.25, 0.3) is 5.91 Å². The molecule has 0 unspecified atom stereocenters. The van der Waals surface area contributed by atoms with Gasteiger partial charge in [-0.25, -0.2) is 5.43 Å². The summed E-state index contributed by atoms with van der Waals surface area (Å²) in [5.74, 6) is 0.681. The molecule has 178 valence electrons. The minimum Gasteiger partial charge on any atom is -0.272 e. The van der Waals surface area contributed by atoms with Crippen molar-refractivity contribution in [3.05, 3.63) is 108 Å². The topological polar surface area (TPSA) is 72.2 Å². The second-order valence-electron chi connectivity index (χ2n) is 8.43. The van der Waals surface area contributed by atoms with E-state index in [2.05, 4.69) is 64.0 Å². The first-order valence-electron chi connectivity index (χ1n) is 11.6. The van der Waals surface area contributed by atoms with E-state index in [4.69, 9.17) is 0 Å². The van der Waals surface area contributed by atoms with Gasteiger partial charge in [0, 0.05) is 11.3 Å². The Morgan fingerprint density at radius 3 is 2.39 bits per heavy atom. The first-order valence-corrected chi connectivity index (χ1v) is 12.6. The van der Waals surface area contributed by atoms with E-state index in [1.807, 2.05) is 72.2 Å². The van der Waals surface area contributed by atoms with Gasteiger partial charge in [0.2, 0.25) is 0 Å². The van der Waals surface area contributed by atoms with Gasteiger partial charge in [0.1, 0.15) is 0 Å². The lowest BCUT2D eigenvalue weighted by molar-refractivity contribution is -0.118. The Hall–Kier alpha value is -4.23. The van der Waals surface area contributed by atoms with E-state index < -0.39 is 0 Å². The van der Waals surface area contributed by atoms with E-state index in [1.165, 1.54) is 22.7 Å². The molecule has 0 fully saturated rings. The van der Waals surface area contributed by atoms with Crippen LogP contribution in [-0.4, -0.2) is 32.1 Å². The van der Waals surface area contributed by atoms with E-state index in [1.54, 1.807) is 0 Å². The zero-order valence-corrected chi connectivity index (χ0v) is 20.9. The fourth-order valence-electron chi connectivity index (χ4n) is 3.85. The highest BCUT2D eigenvalue weighted by Gasteiger charge is 2.17. The Labute approximate surface area is 214 Å². The lowest BCUT2D eigenvalue weighted by Gasteiger charge is -2.10. The van der Waals surface area contributed by atoms with Gasteiger partial charge in [-0.2, -0.15) is 5.10 Å². The number of aryl methyl sites for hydroxylation is 1. The second-order valence-corrected chi connectivity index (χ2v) is 9.37. The van der Waals surface area contributed by atoms with Crippen LogP contribution in [0.25, 0.3) is 27.8 Å². The van der Waals surface area contributed by atoms with Crippen molar-refractivity contribution < 1.29 is 4.79 Å². The van der Waals surface area contributed by atoms with Gasteiger partial charge in [-0.1, -0.05) is 96.2 Å². The Balaban J connectivity index is 1.32. The normalized spacial score (nSPS) is 11.6. The Morgan fingerprint density at radius 2 is 1.61 bits per heavy atom. The molecular formula is C29H25N5OS. The number of nitrogens with zero attached hydrogens (tertiary/aromatic N) is 4. The van der Waals surface area contributed by atoms with E-state index in [0.29, 0.717) is 5.16 Å². The summed E-state index contributed by atoms with van der Waals surface area (Å²) in [7, 11) is 0. The standard InChI is InChI=1S/C29H25N5OS/c1-20-12-16-26(17-13-20)34-28(23-9-4-3-5-10-23)32-33-29(34)36-19-27(35)31-30-21(2)24-15-14-22-8-6-7-11-25(22)18-24/h3-18H,19H2,1-2H3,(H,31,35)/b30-21-. The summed E-state index contributed by atoms with van der Waals surface area (Å²) in [5, 5.41) is 16.1. The molecule has 36 heavy (non-hydrogen) atoms. The lowest BCUT2D eigenvalue weighted by atomic mass is 10.0. The van der Waals surface area contributed by atoms with Gasteiger partial charge < -0.3 is 0 Å². The summed E-state index contributed by atoms with van der Waals surface area (Å²) < 4.78 is 1.98. The molecule has 7 heteroatoms. The molecule has 0 spiro atoms. The van der Waals surface area contributed by atoms with Crippen LogP contribution in [0.15, 0.2) is 107 Å². The highest BCUT2D eigenvalue weighted by molar-refractivity contribution is 7.99. The fraction of sp³-hybridized carbons (Fsp3) is 0.103. The number of hydrazone groups is 1. The van der Waals surface area contributed by atoms with Crippen molar-refractivity contribution in [1.82, 2.24) is 20.2 Å². The molecule has 5 rings (SSSR count). The third-order valence-corrected chi connectivity index (χ3v) is 6.73. The molecule has 1 amide bonds. The Morgan fingerprint density at radius 1 is 0.889 bits per heavy atom. The van der Waals surface area contributed by atoms with E-state index in [0.717, 1.165) is 33.7 Å².